The van der Waals surface area contributed by atoms with Crippen LogP contribution in [0.2, 0.25) is 0 Å². The van der Waals surface area contributed by atoms with E-state index >= 15 is 0 Å². The number of rotatable bonds is 1. The van der Waals surface area contributed by atoms with Crippen molar-refractivity contribution < 1.29 is 0 Å². The minimum atomic E-state index is -0.354. The van der Waals surface area contributed by atoms with Crippen LogP contribution < -0.4 is 11.2 Å². The monoisotopic (exact) mass is 154 g/mol. The number of aromatic nitrogens is 2. The summed E-state index contributed by atoms with van der Waals surface area (Å²) in [6, 6.07) is 1.24. The van der Waals surface area contributed by atoms with Crippen LogP contribution in [-0.4, -0.2) is 9.55 Å². The third kappa shape index (κ3) is 1.39. The Labute approximate surface area is 63.5 Å². The lowest BCUT2D eigenvalue weighted by Gasteiger charge is -2.05. The van der Waals surface area contributed by atoms with E-state index in [1.54, 1.807) is 13.8 Å². The summed E-state index contributed by atoms with van der Waals surface area (Å²) in [6.45, 7) is 3.58. The molecule has 4 heteroatoms. The fraction of sp³-hybridized carbons (Fsp3) is 0.429. The van der Waals surface area contributed by atoms with E-state index in [1.165, 1.54) is 16.8 Å². The van der Waals surface area contributed by atoms with Gasteiger partial charge < -0.3 is 4.98 Å². The Kier molecular flexibility index (Phi) is 1.94. The van der Waals surface area contributed by atoms with Crippen LogP contribution in [0.4, 0.5) is 0 Å². The maximum Gasteiger partial charge on any atom is 0.328 e. The second kappa shape index (κ2) is 2.74. The molecule has 0 amide bonds. The fourth-order valence-electron chi connectivity index (χ4n) is 0.923. The maximum atomic E-state index is 11.0. The Morgan fingerprint density at radius 3 is 2.45 bits per heavy atom. The van der Waals surface area contributed by atoms with Gasteiger partial charge in [-0.05, 0) is 13.8 Å². The molecule has 60 valence electrons. The maximum absolute atomic E-state index is 11.0. The van der Waals surface area contributed by atoms with E-state index in [9.17, 15) is 9.59 Å². The fourth-order valence-corrected chi connectivity index (χ4v) is 0.923. The van der Waals surface area contributed by atoms with Gasteiger partial charge >= 0.3 is 5.69 Å². The molecule has 0 aliphatic rings. The van der Waals surface area contributed by atoms with Gasteiger partial charge in [-0.25, -0.2) is 4.79 Å². The number of nitrogens with zero attached hydrogens (tertiary/aromatic N) is 1. The molecule has 1 aromatic rings. The topological polar surface area (TPSA) is 54.9 Å². The molecule has 0 bridgehead atoms. The van der Waals surface area contributed by atoms with Gasteiger partial charge in [0.05, 0.1) is 0 Å². The van der Waals surface area contributed by atoms with Crippen LogP contribution in [0.25, 0.3) is 0 Å². The summed E-state index contributed by atoms with van der Waals surface area (Å²) in [6.07, 6.45) is 1.35. The number of hydrogen-bond donors (Lipinski definition) is 1. The third-order valence-corrected chi connectivity index (χ3v) is 1.41. The molecule has 1 heterocycles. The molecule has 0 spiro atoms. The predicted octanol–water partition coefficient (Wildman–Crippen LogP) is 0.117. The van der Waals surface area contributed by atoms with Gasteiger partial charge in [-0.1, -0.05) is 0 Å². The highest BCUT2D eigenvalue weighted by atomic mass is 16.2. The Hall–Kier alpha value is -1.32. The van der Waals surface area contributed by atoms with Crippen LogP contribution in [-0.2, 0) is 0 Å². The SMILES string of the molecule is CC(C)n1c(=O)cc[nH]c1=O. The predicted molar refractivity (Wildman–Crippen MR) is 41.7 cm³/mol. The zero-order chi connectivity index (χ0) is 8.43. The lowest BCUT2D eigenvalue weighted by molar-refractivity contribution is 0.546. The molecule has 1 aromatic heterocycles. The van der Waals surface area contributed by atoms with E-state index < -0.39 is 0 Å². The van der Waals surface area contributed by atoms with Crippen molar-refractivity contribution in [1.82, 2.24) is 9.55 Å². The molecule has 0 atom stereocenters. The van der Waals surface area contributed by atoms with Crippen LogP contribution in [0, 0.1) is 0 Å². The van der Waals surface area contributed by atoms with Crippen molar-refractivity contribution >= 4 is 0 Å². The molecular formula is C7H10N2O2. The first-order valence-electron chi connectivity index (χ1n) is 3.43. The van der Waals surface area contributed by atoms with Gasteiger partial charge in [0.2, 0.25) is 0 Å². The molecule has 0 aliphatic heterocycles. The summed E-state index contributed by atoms with van der Waals surface area (Å²) in [5, 5.41) is 0. The highest BCUT2D eigenvalue weighted by Crippen LogP contribution is 1.91. The first-order chi connectivity index (χ1) is 5.13. The lowest BCUT2D eigenvalue weighted by Crippen LogP contribution is -2.35. The molecule has 0 unspecified atom stereocenters. The Morgan fingerprint density at radius 2 is 2.09 bits per heavy atom. The summed E-state index contributed by atoms with van der Waals surface area (Å²) in [7, 11) is 0. The molecule has 1 N–H and O–H groups in total. The smallest absolute Gasteiger partial charge is 0.314 e. The zero-order valence-electron chi connectivity index (χ0n) is 6.50. The normalized spacial score (nSPS) is 10.5. The minimum Gasteiger partial charge on any atom is -0.314 e. The highest BCUT2D eigenvalue weighted by molar-refractivity contribution is 4.84. The van der Waals surface area contributed by atoms with Gasteiger partial charge in [-0.2, -0.15) is 0 Å². The van der Waals surface area contributed by atoms with E-state index in [1.807, 2.05) is 0 Å². The first kappa shape index (κ1) is 7.78. The first-order valence-corrected chi connectivity index (χ1v) is 3.43. The summed E-state index contributed by atoms with van der Waals surface area (Å²) >= 11 is 0. The van der Waals surface area contributed by atoms with Crippen molar-refractivity contribution in [3.63, 3.8) is 0 Å². The average molecular weight is 154 g/mol. The summed E-state index contributed by atoms with van der Waals surface area (Å²) in [5.74, 6) is 0. The van der Waals surface area contributed by atoms with Gasteiger partial charge in [0, 0.05) is 18.3 Å². The Bertz CT molecular complexity index is 320. The standard InChI is InChI=1S/C7H10N2O2/c1-5(2)9-6(10)3-4-8-7(9)11/h3-5H,1-2H3,(H,8,11). The van der Waals surface area contributed by atoms with E-state index in [-0.39, 0.29) is 17.3 Å². The van der Waals surface area contributed by atoms with Crippen LogP contribution in [0.1, 0.15) is 19.9 Å². The lowest BCUT2D eigenvalue weighted by atomic mass is 10.4. The van der Waals surface area contributed by atoms with Gasteiger partial charge in [-0.15, -0.1) is 0 Å². The Morgan fingerprint density at radius 1 is 1.45 bits per heavy atom. The van der Waals surface area contributed by atoms with E-state index in [0.29, 0.717) is 0 Å². The van der Waals surface area contributed by atoms with Crippen molar-refractivity contribution in [1.29, 1.82) is 0 Å². The van der Waals surface area contributed by atoms with E-state index in [4.69, 9.17) is 0 Å². The quantitative estimate of drug-likeness (QED) is 0.624. The van der Waals surface area contributed by atoms with Crippen LogP contribution >= 0.6 is 0 Å². The van der Waals surface area contributed by atoms with Crippen LogP contribution in [0.3, 0.4) is 0 Å². The number of hydrogen-bond acceptors (Lipinski definition) is 2. The van der Waals surface area contributed by atoms with E-state index in [2.05, 4.69) is 4.98 Å². The van der Waals surface area contributed by atoms with Crippen LogP contribution in [0.15, 0.2) is 21.9 Å². The molecule has 0 aliphatic carbocycles. The van der Waals surface area contributed by atoms with Gasteiger partial charge in [0.1, 0.15) is 0 Å². The van der Waals surface area contributed by atoms with Crippen molar-refractivity contribution in [3.05, 3.63) is 33.1 Å². The summed E-state index contributed by atoms with van der Waals surface area (Å²) < 4.78 is 1.17. The Balaban J connectivity index is 3.45. The highest BCUT2D eigenvalue weighted by Gasteiger charge is 2.02. The molecular weight excluding hydrogens is 144 g/mol. The van der Waals surface area contributed by atoms with Crippen molar-refractivity contribution in [2.45, 2.75) is 19.9 Å². The van der Waals surface area contributed by atoms with Gasteiger partial charge in [0.15, 0.2) is 0 Å². The van der Waals surface area contributed by atoms with Crippen LogP contribution in [0.5, 0.6) is 0 Å². The minimum absolute atomic E-state index is 0.0903. The molecule has 1 rings (SSSR count). The number of aromatic amines is 1. The number of nitrogens with one attached hydrogen (secondary N) is 1. The molecule has 4 nitrogen and oxygen atoms in total. The second-order valence-electron chi connectivity index (χ2n) is 2.58. The van der Waals surface area contributed by atoms with Crippen molar-refractivity contribution in [2.24, 2.45) is 0 Å². The molecule has 0 fully saturated rings. The second-order valence-corrected chi connectivity index (χ2v) is 2.58. The van der Waals surface area contributed by atoms with Gasteiger partial charge in [-0.3, -0.25) is 9.36 Å². The van der Waals surface area contributed by atoms with Crippen molar-refractivity contribution in [2.75, 3.05) is 0 Å². The van der Waals surface area contributed by atoms with E-state index in [0.717, 1.165) is 0 Å². The number of H-pyrrole nitrogens is 1. The summed E-state index contributed by atoms with van der Waals surface area (Å²) in [4.78, 5) is 24.4. The summed E-state index contributed by atoms with van der Waals surface area (Å²) in [5.41, 5.74) is -0.615. The molecule has 0 radical (unpaired) electrons. The molecule has 0 saturated heterocycles. The average Bonchev–Trinajstić information content (AvgIpc) is 1.85. The van der Waals surface area contributed by atoms with Gasteiger partial charge in [0.25, 0.3) is 5.56 Å². The molecule has 0 saturated carbocycles. The largest absolute Gasteiger partial charge is 0.328 e. The third-order valence-electron chi connectivity index (χ3n) is 1.41. The van der Waals surface area contributed by atoms with Crippen molar-refractivity contribution in [3.8, 4) is 0 Å². The molecule has 0 aromatic carbocycles. The molecule has 11 heavy (non-hydrogen) atoms. The zero-order valence-corrected chi connectivity index (χ0v) is 6.50.